The van der Waals surface area contributed by atoms with Gasteiger partial charge in [-0.2, -0.15) is 0 Å². The maximum absolute atomic E-state index is 13.7. The Hall–Kier alpha value is -2.93. The molecular weight excluding hydrogens is 377 g/mol. The van der Waals surface area contributed by atoms with Crippen LogP contribution in [0.2, 0.25) is 0 Å². The summed E-state index contributed by atoms with van der Waals surface area (Å²) in [6.07, 6.45) is 1.43. The molecule has 3 aromatic rings. The van der Waals surface area contributed by atoms with Crippen molar-refractivity contribution < 1.29 is 12.8 Å². The molecule has 0 saturated carbocycles. The average molecular weight is 399 g/mol. The number of nitrogens with zero attached hydrogens (tertiary/aromatic N) is 1. The Morgan fingerprint density at radius 3 is 2.29 bits per heavy atom. The first kappa shape index (κ1) is 19.8. The van der Waals surface area contributed by atoms with Gasteiger partial charge in [0.1, 0.15) is 11.6 Å². The molecule has 0 saturated heterocycles. The first-order valence-corrected chi connectivity index (χ1v) is 10.3. The minimum atomic E-state index is -3.73. The summed E-state index contributed by atoms with van der Waals surface area (Å²) < 4.78 is 41.8. The summed E-state index contributed by atoms with van der Waals surface area (Å²) in [7, 11) is -3.73. The van der Waals surface area contributed by atoms with Gasteiger partial charge in [0.2, 0.25) is 0 Å². The maximum atomic E-state index is 13.7. The molecule has 0 atom stereocenters. The molecule has 0 aliphatic carbocycles. The van der Waals surface area contributed by atoms with E-state index in [9.17, 15) is 12.8 Å². The fraction of sp³-hybridized carbons (Fsp3) is 0.190. The van der Waals surface area contributed by atoms with Crippen molar-refractivity contribution in [3.8, 4) is 0 Å². The lowest BCUT2D eigenvalue weighted by Gasteiger charge is -2.14. The van der Waals surface area contributed by atoms with E-state index in [-0.39, 0.29) is 17.3 Å². The standard InChI is InChI=1S/C21H22FN3O2S/c1-14-10-15(2)21(16(3)11-14)28(26,27)25-18-8-9-20(24-13-18)23-12-17-6-4-5-7-19(17)22/h4-11,13,25H,12H2,1-3H3,(H,23,24). The summed E-state index contributed by atoms with van der Waals surface area (Å²) >= 11 is 0. The van der Waals surface area contributed by atoms with E-state index in [1.807, 2.05) is 19.1 Å². The van der Waals surface area contributed by atoms with Gasteiger partial charge >= 0.3 is 0 Å². The number of halogens is 1. The molecule has 146 valence electrons. The van der Waals surface area contributed by atoms with Gasteiger partial charge in [-0.1, -0.05) is 35.9 Å². The van der Waals surface area contributed by atoms with Gasteiger partial charge in [0.15, 0.2) is 0 Å². The normalized spacial score (nSPS) is 11.3. The van der Waals surface area contributed by atoms with Crippen LogP contribution in [-0.4, -0.2) is 13.4 Å². The van der Waals surface area contributed by atoms with Gasteiger partial charge in [-0.15, -0.1) is 0 Å². The molecule has 3 rings (SSSR count). The monoisotopic (exact) mass is 399 g/mol. The van der Waals surface area contributed by atoms with Gasteiger partial charge in [-0.25, -0.2) is 17.8 Å². The lowest BCUT2D eigenvalue weighted by molar-refractivity contribution is 0.600. The molecule has 0 unspecified atom stereocenters. The molecule has 2 aromatic carbocycles. The van der Waals surface area contributed by atoms with Crippen molar-refractivity contribution in [1.82, 2.24) is 4.98 Å². The van der Waals surface area contributed by atoms with Crippen LogP contribution in [0.5, 0.6) is 0 Å². The Morgan fingerprint density at radius 1 is 1.00 bits per heavy atom. The SMILES string of the molecule is Cc1cc(C)c(S(=O)(=O)Nc2ccc(NCc3ccccc3F)nc2)c(C)c1. The summed E-state index contributed by atoms with van der Waals surface area (Å²) in [5, 5.41) is 3.02. The molecule has 28 heavy (non-hydrogen) atoms. The highest BCUT2D eigenvalue weighted by molar-refractivity contribution is 7.92. The van der Waals surface area contributed by atoms with Crippen molar-refractivity contribution in [2.75, 3.05) is 10.0 Å². The van der Waals surface area contributed by atoms with Gasteiger partial charge in [0.25, 0.3) is 10.0 Å². The van der Waals surface area contributed by atoms with E-state index in [1.165, 1.54) is 12.3 Å². The number of hydrogen-bond donors (Lipinski definition) is 2. The van der Waals surface area contributed by atoms with Crippen molar-refractivity contribution >= 4 is 21.5 Å². The Kier molecular flexibility index (Phi) is 5.65. The fourth-order valence-corrected chi connectivity index (χ4v) is 4.68. The number of benzene rings is 2. The first-order valence-electron chi connectivity index (χ1n) is 8.80. The Bertz CT molecular complexity index is 1070. The fourth-order valence-electron chi connectivity index (χ4n) is 3.18. The second-order valence-corrected chi connectivity index (χ2v) is 8.33. The summed E-state index contributed by atoms with van der Waals surface area (Å²) in [6.45, 7) is 5.78. The number of nitrogens with one attached hydrogen (secondary N) is 2. The zero-order valence-electron chi connectivity index (χ0n) is 16.0. The lowest BCUT2D eigenvalue weighted by Crippen LogP contribution is -2.16. The lowest BCUT2D eigenvalue weighted by atomic mass is 10.1. The topological polar surface area (TPSA) is 71.1 Å². The van der Waals surface area contributed by atoms with E-state index < -0.39 is 10.0 Å². The van der Waals surface area contributed by atoms with Crippen LogP contribution in [0.15, 0.2) is 59.6 Å². The van der Waals surface area contributed by atoms with Crippen LogP contribution in [0, 0.1) is 26.6 Å². The van der Waals surface area contributed by atoms with Crippen molar-refractivity contribution in [3.63, 3.8) is 0 Å². The van der Waals surface area contributed by atoms with E-state index in [0.29, 0.717) is 28.2 Å². The number of sulfonamides is 1. The van der Waals surface area contributed by atoms with Crippen LogP contribution >= 0.6 is 0 Å². The Morgan fingerprint density at radius 2 is 1.68 bits per heavy atom. The molecule has 0 aliphatic rings. The highest BCUT2D eigenvalue weighted by atomic mass is 32.2. The van der Waals surface area contributed by atoms with Crippen molar-refractivity contribution in [2.45, 2.75) is 32.2 Å². The number of anilines is 2. The van der Waals surface area contributed by atoms with E-state index in [4.69, 9.17) is 0 Å². The smallest absolute Gasteiger partial charge is 0.262 e. The summed E-state index contributed by atoms with van der Waals surface area (Å²) in [5.41, 5.74) is 3.29. The maximum Gasteiger partial charge on any atom is 0.262 e. The zero-order valence-corrected chi connectivity index (χ0v) is 16.8. The first-order chi connectivity index (χ1) is 13.3. The van der Waals surface area contributed by atoms with Gasteiger partial charge in [-0.05, 0) is 50.1 Å². The van der Waals surface area contributed by atoms with Gasteiger partial charge in [-0.3, -0.25) is 4.72 Å². The molecule has 0 aliphatic heterocycles. The summed E-state index contributed by atoms with van der Waals surface area (Å²) in [5.74, 6) is 0.233. The second-order valence-electron chi connectivity index (χ2n) is 6.71. The largest absolute Gasteiger partial charge is 0.366 e. The van der Waals surface area contributed by atoms with Crippen molar-refractivity contribution in [1.29, 1.82) is 0 Å². The molecule has 1 aromatic heterocycles. The number of aromatic nitrogens is 1. The van der Waals surface area contributed by atoms with Crippen molar-refractivity contribution in [2.24, 2.45) is 0 Å². The van der Waals surface area contributed by atoms with E-state index in [1.54, 1.807) is 44.2 Å². The zero-order chi connectivity index (χ0) is 20.3. The van der Waals surface area contributed by atoms with Crippen LogP contribution in [0.4, 0.5) is 15.9 Å². The number of aryl methyl sites for hydroxylation is 3. The summed E-state index contributed by atoms with van der Waals surface area (Å²) in [6, 6.07) is 13.4. The molecule has 0 radical (unpaired) electrons. The number of hydrogen-bond acceptors (Lipinski definition) is 4. The molecule has 0 amide bonds. The third kappa shape index (κ3) is 4.48. The molecule has 0 spiro atoms. The van der Waals surface area contributed by atoms with Crippen LogP contribution in [0.1, 0.15) is 22.3 Å². The predicted molar refractivity (Wildman–Crippen MR) is 109 cm³/mol. The van der Waals surface area contributed by atoms with Gasteiger partial charge in [0, 0.05) is 12.1 Å². The van der Waals surface area contributed by atoms with Crippen LogP contribution in [-0.2, 0) is 16.6 Å². The molecular formula is C21H22FN3O2S. The second kappa shape index (κ2) is 7.98. The molecule has 0 bridgehead atoms. The van der Waals surface area contributed by atoms with Crippen LogP contribution < -0.4 is 10.0 Å². The quantitative estimate of drug-likeness (QED) is 0.637. The molecule has 1 heterocycles. The van der Waals surface area contributed by atoms with Crippen LogP contribution in [0.25, 0.3) is 0 Å². The third-order valence-electron chi connectivity index (χ3n) is 4.31. The molecule has 5 nitrogen and oxygen atoms in total. The van der Waals surface area contributed by atoms with Gasteiger partial charge < -0.3 is 5.32 Å². The van der Waals surface area contributed by atoms with E-state index >= 15 is 0 Å². The minimum Gasteiger partial charge on any atom is -0.366 e. The van der Waals surface area contributed by atoms with Crippen molar-refractivity contribution in [3.05, 3.63) is 82.8 Å². The van der Waals surface area contributed by atoms with E-state index in [0.717, 1.165) is 5.56 Å². The predicted octanol–water partition coefficient (Wildman–Crippen LogP) is 4.56. The highest BCUT2D eigenvalue weighted by Gasteiger charge is 2.20. The average Bonchev–Trinajstić information content (AvgIpc) is 2.61. The van der Waals surface area contributed by atoms with Gasteiger partial charge in [0.05, 0.1) is 16.8 Å². The Balaban J connectivity index is 1.73. The molecule has 0 fully saturated rings. The number of rotatable bonds is 6. The van der Waals surface area contributed by atoms with E-state index in [2.05, 4.69) is 15.0 Å². The Labute approximate surface area is 164 Å². The minimum absolute atomic E-state index is 0.278. The summed E-state index contributed by atoms with van der Waals surface area (Å²) in [4.78, 5) is 4.48. The number of pyridine rings is 1. The third-order valence-corrected chi connectivity index (χ3v) is 5.99. The van der Waals surface area contributed by atoms with Crippen LogP contribution in [0.3, 0.4) is 0 Å². The molecule has 7 heteroatoms. The highest BCUT2D eigenvalue weighted by Crippen LogP contribution is 2.24. The molecule has 2 N–H and O–H groups in total.